The topological polar surface area (TPSA) is 88.6 Å². The average Bonchev–Trinajstić information content (AvgIpc) is 2.86. The molecule has 21 heavy (non-hydrogen) atoms. The highest BCUT2D eigenvalue weighted by molar-refractivity contribution is 6.28. The molecule has 7 nitrogen and oxygen atoms in total. The van der Waals surface area contributed by atoms with Gasteiger partial charge in [-0.15, -0.1) is 0 Å². The predicted octanol–water partition coefficient (Wildman–Crippen LogP) is 2.39. The molecule has 0 amide bonds. The fraction of sp³-hybridized carbons (Fsp3) is 0.538. The van der Waals surface area contributed by atoms with Crippen LogP contribution in [-0.4, -0.2) is 38.3 Å². The number of ether oxygens (including phenoxy) is 1. The number of H-pyrrole nitrogens is 1. The third-order valence-electron chi connectivity index (χ3n) is 2.86. The molecule has 114 valence electrons. The van der Waals surface area contributed by atoms with Crippen molar-refractivity contribution >= 4 is 17.5 Å². The van der Waals surface area contributed by atoms with Crippen molar-refractivity contribution in [3.05, 3.63) is 22.7 Å². The molecule has 2 N–H and O–H groups in total. The molecule has 2 rings (SSSR count). The lowest BCUT2D eigenvalue weighted by Gasteiger charge is -2.07. The summed E-state index contributed by atoms with van der Waals surface area (Å²) in [5.41, 5.74) is 2.32. The normalized spacial score (nSPS) is 10.6. The van der Waals surface area contributed by atoms with E-state index in [9.17, 15) is 0 Å². The number of halogens is 1. The van der Waals surface area contributed by atoms with Crippen molar-refractivity contribution in [2.24, 2.45) is 0 Å². The lowest BCUT2D eigenvalue weighted by molar-refractivity contribution is 0.291. The van der Waals surface area contributed by atoms with Crippen molar-refractivity contribution < 1.29 is 4.74 Å². The van der Waals surface area contributed by atoms with Gasteiger partial charge in [-0.2, -0.15) is 20.1 Å². The highest BCUT2D eigenvalue weighted by atomic mass is 35.5. The number of hydrogen-bond acceptors (Lipinski definition) is 6. The van der Waals surface area contributed by atoms with Gasteiger partial charge < -0.3 is 10.1 Å². The molecule has 0 aliphatic carbocycles. The maximum atomic E-state index is 5.85. The maximum absolute atomic E-state index is 5.85. The summed E-state index contributed by atoms with van der Waals surface area (Å²) in [6, 6.07) is 0.255. The number of aromatic nitrogens is 5. The van der Waals surface area contributed by atoms with Crippen molar-refractivity contribution in [1.82, 2.24) is 25.1 Å². The lowest BCUT2D eigenvalue weighted by Crippen LogP contribution is -2.09. The van der Waals surface area contributed by atoms with Gasteiger partial charge in [0.2, 0.25) is 11.2 Å². The fourth-order valence-corrected chi connectivity index (χ4v) is 1.93. The van der Waals surface area contributed by atoms with E-state index in [0.29, 0.717) is 12.6 Å². The van der Waals surface area contributed by atoms with Crippen LogP contribution < -0.4 is 10.1 Å². The van der Waals surface area contributed by atoms with Crippen LogP contribution in [0.5, 0.6) is 6.01 Å². The molecule has 0 aromatic carbocycles. The Hall–Kier alpha value is -1.89. The molecule has 2 aromatic rings. The molecule has 2 heterocycles. The third kappa shape index (κ3) is 4.86. The minimum Gasteiger partial charge on any atom is -0.463 e. The van der Waals surface area contributed by atoms with Gasteiger partial charge in [-0.05, 0) is 43.4 Å². The van der Waals surface area contributed by atoms with Gasteiger partial charge in [0.25, 0.3) is 0 Å². The van der Waals surface area contributed by atoms with Crippen molar-refractivity contribution in [1.29, 1.82) is 0 Å². The van der Waals surface area contributed by atoms with E-state index in [1.54, 1.807) is 0 Å². The van der Waals surface area contributed by atoms with Gasteiger partial charge in [-0.25, -0.2) is 0 Å². The predicted molar refractivity (Wildman–Crippen MR) is 80.8 cm³/mol. The van der Waals surface area contributed by atoms with Crippen LogP contribution in [0, 0.1) is 6.92 Å². The van der Waals surface area contributed by atoms with Gasteiger partial charge in [0, 0.05) is 12.2 Å². The number of hydrogen-bond donors (Lipinski definition) is 2. The zero-order valence-electron chi connectivity index (χ0n) is 12.2. The zero-order valence-corrected chi connectivity index (χ0v) is 12.9. The van der Waals surface area contributed by atoms with E-state index in [-0.39, 0.29) is 11.3 Å². The Morgan fingerprint density at radius 2 is 2.19 bits per heavy atom. The molecular weight excluding hydrogens is 292 g/mol. The van der Waals surface area contributed by atoms with Gasteiger partial charge in [0.1, 0.15) is 0 Å². The Morgan fingerprint density at radius 3 is 2.90 bits per heavy atom. The summed E-state index contributed by atoms with van der Waals surface area (Å²) in [6.45, 7) is 5.32. The van der Waals surface area contributed by atoms with Crippen LogP contribution in [0.1, 0.15) is 31.0 Å². The second-order valence-electron chi connectivity index (χ2n) is 4.61. The smallest absolute Gasteiger partial charge is 0.322 e. The summed E-state index contributed by atoms with van der Waals surface area (Å²) in [5, 5.41) is 10.2. The molecule has 0 radical (unpaired) electrons. The van der Waals surface area contributed by atoms with Crippen molar-refractivity contribution in [3.63, 3.8) is 0 Å². The molecule has 0 aliphatic rings. The maximum Gasteiger partial charge on any atom is 0.322 e. The zero-order chi connectivity index (χ0) is 15.1. The average molecular weight is 311 g/mol. The largest absolute Gasteiger partial charge is 0.463 e. The summed E-state index contributed by atoms with van der Waals surface area (Å²) >= 11 is 5.85. The molecule has 0 aliphatic heterocycles. The molecule has 0 saturated heterocycles. The van der Waals surface area contributed by atoms with E-state index in [0.717, 1.165) is 31.5 Å². The van der Waals surface area contributed by atoms with Crippen molar-refractivity contribution in [2.75, 3.05) is 18.5 Å². The number of aromatic amines is 1. The van der Waals surface area contributed by atoms with E-state index in [2.05, 4.69) is 30.5 Å². The van der Waals surface area contributed by atoms with E-state index >= 15 is 0 Å². The van der Waals surface area contributed by atoms with Crippen LogP contribution in [0.25, 0.3) is 0 Å². The summed E-state index contributed by atoms with van der Waals surface area (Å²) in [7, 11) is 0. The SMILES string of the molecule is CCCOc1nc(Cl)nc(NCCCc2cn[nH]c2C)n1. The lowest BCUT2D eigenvalue weighted by atomic mass is 10.1. The number of rotatable bonds is 8. The Labute approximate surface area is 128 Å². The van der Waals surface area contributed by atoms with Crippen LogP contribution in [0.2, 0.25) is 5.28 Å². The first-order chi connectivity index (χ1) is 10.2. The van der Waals surface area contributed by atoms with Crippen molar-refractivity contribution in [2.45, 2.75) is 33.1 Å². The first-order valence-corrected chi connectivity index (χ1v) is 7.34. The van der Waals surface area contributed by atoms with E-state index in [1.807, 2.05) is 20.0 Å². The summed E-state index contributed by atoms with van der Waals surface area (Å²) in [4.78, 5) is 12.1. The van der Waals surface area contributed by atoms with Crippen LogP contribution in [0.15, 0.2) is 6.20 Å². The molecular formula is C13H19ClN6O. The summed E-state index contributed by atoms with van der Waals surface area (Å²) < 4.78 is 5.36. The van der Waals surface area contributed by atoms with E-state index in [1.165, 1.54) is 5.56 Å². The monoisotopic (exact) mass is 310 g/mol. The van der Waals surface area contributed by atoms with Gasteiger partial charge in [0.05, 0.1) is 12.8 Å². The van der Waals surface area contributed by atoms with Gasteiger partial charge >= 0.3 is 6.01 Å². The Kier molecular flexibility index (Phi) is 5.74. The number of nitrogens with one attached hydrogen (secondary N) is 2. The number of aryl methyl sites for hydroxylation is 2. The van der Waals surface area contributed by atoms with Crippen LogP contribution in [-0.2, 0) is 6.42 Å². The molecule has 8 heteroatoms. The summed E-state index contributed by atoms with van der Waals surface area (Å²) in [5.74, 6) is 0.435. The fourth-order valence-electron chi connectivity index (χ4n) is 1.78. The quantitative estimate of drug-likeness (QED) is 0.728. The van der Waals surface area contributed by atoms with Gasteiger partial charge in [-0.3, -0.25) is 5.10 Å². The molecule has 2 aromatic heterocycles. The van der Waals surface area contributed by atoms with E-state index in [4.69, 9.17) is 16.3 Å². The van der Waals surface area contributed by atoms with Gasteiger partial charge in [-0.1, -0.05) is 6.92 Å². The third-order valence-corrected chi connectivity index (χ3v) is 3.03. The Morgan fingerprint density at radius 1 is 1.33 bits per heavy atom. The first-order valence-electron chi connectivity index (χ1n) is 6.96. The Bertz CT molecular complexity index is 574. The molecule has 0 bridgehead atoms. The minimum absolute atomic E-state index is 0.129. The second kappa shape index (κ2) is 7.78. The molecule has 0 saturated carbocycles. The molecule has 0 atom stereocenters. The minimum atomic E-state index is 0.129. The number of nitrogens with zero attached hydrogens (tertiary/aromatic N) is 4. The highest BCUT2D eigenvalue weighted by Crippen LogP contribution is 2.12. The second-order valence-corrected chi connectivity index (χ2v) is 4.95. The highest BCUT2D eigenvalue weighted by Gasteiger charge is 2.06. The molecule has 0 unspecified atom stereocenters. The molecule has 0 fully saturated rings. The standard InChI is InChI=1S/C13H19ClN6O/c1-3-7-21-13-18-11(14)17-12(19-13)15-6-4-5-10-8-16-20-9(10)2/h8H,3-7H2,1-2H3,(H,16,20)(H,15,17,18,19). The first kappa shape index (κ1) is 15.5. The van der Waals surface area contributed by atoms with E-state index < -0.39 is 0 Å². The van der Waals surface area contributed by atoms with Gasteiger partial charge in [0.15, 0.2) is 0 Å². The van der Waals surface area contributed by atoms with Crippen LogP contribution in [0.4, 0.5) is 5.95 Å². The van der Waals surface area contributed by atoms with Crippen molar-refractivity contribution in [3.8, 4) is 6.01 Å². The van der Waals surface area contributed by atoms with Crippen LogP contribution >= 0.6 is 11.6 Å². The summed E-state index contributed by atoms with van der Waals surface area (Å²) in [6.07, 6.45) is 4.62. The number of anilines is 1. The Balaban J connectivity index is 1.82. The molecule has 0 spiro atoms. The van der Waals surface area contributed by atoms with Crippen LogP contribution in [0.3, 0.4) is 0 Å².